The molecule has 2 aromatic rings. The zero-order valence-corrected chi connectivity index (χ0v) is 10.2. The van der Waals surface area contributed by atoms with E-state index in [-0.39, 0.29) is 5.69 Å². The third-order valence-corrected chi connectivity index (χ3v) is 3.28. The van der Waals surface area contributed by atoms with Crippen LogP contribution in [0.15, 0.2) is 17.5 Å². The lowest BCUT2D eigenvalue weighted by atomic mass is 10.2. The van der Waals surface area contributed by atoms with Crippen LogP contribution in [-0.4, -0.2) is 28.1 Å². The maximum atomic E-state index is 11.0. The first-order chi connectivity index (χ1) is 8.11. The SMILES string of the molecule is CNc1cc(C(=O)O)nc(-c2sccc2C)n1. The third kappa shape index (κ3) is 2.26. The van der Waals surface area contributed by atoms with Crippen LogP contribution in [0.5, 0.6) is 0 Å². The van der Waals surface area contributed by atoms with E-state index < -0.39 is 5.97 Å². The Morgan fingerprint density at radius 3 is 2.76 bits per heavy atom. The lowest BCUT2D eigenvalue weighted by Gasteiger charge is -2.04. The highest BCUT2D eigenvalue weighted by molar-refractivity contribution is 7.13. The van der Waals surface area contributed by atoms with Crippen molar-refractivity contribution in [2.45, 2.75) is 6.92 Å². The van der Waals surface area contributed by atoms with Gasteiger partial charge in [0.2, 0.25) is 0 Å². The second-order valence-corrected chi connectivity index (χ2v) is 4.37. The Bertz CT molecular complexity index is 566. The summed E-state index contributed by atoms with van der Waals surface area (Å²) in [5.41, 5.74) is 1.03. The quantitative estimate of drug-likeness (QED) is 0.872. The van der Waals surface area contributed by atoms with Crippen LogP contribution in [0, 0.1) is 6.92 Å². The number of aromatic nitrogens is 2. The summed E-state index contributed by atoms with van der Waals surface area (Å²) in [5.74, 6) is -0.110. The predicted molar refractivity (Wildman–Crippen MR) is 66.6 cm³/mol. The van der Waals surface area contributed by atoms with Gasteiger partial charge in [-0.2, -0.15) is 0 Å². The van der Waals surface area contributed by atoms with Crippen molar-refractivity contribution in [3.8, 4) is 10.7 Å². The number of thiophene rings is 1. The molecule has 0 aliphatic heterocycles. The van der Waals surface area contributed by atoms with Gasteiger partial charge < -0.3 is 10.4 Å². The molecule has 2 aromatic heterocycles. The van der Waals surface area contributed by atoms with Gasteiger partial charge in [0.05, 0.1) is 4.88 Å². The number of aryl methyl sites for hydroxylation is 1. The van der Waals surface area contributed by atoms with E-state index in [1.807, 2.05) is 18.4 Å². The molecule has 2 heterocycles. The zero-order chi connectivity index (χ0) is 12.4. The fourth-order valence-electron chi connectivity index (χ4n) is 1.39. The highest BCUT2D eigenvalue weighted by atomic mass is 32.1. The molecule has 0 fully saturated rings. The Morgan fingerprint density at radius 1 is 1.47 bits per heavy atom. The minimum absolute atomic E-state index is 0.00727. The van der Waals surface area contributed by atoms with Gasteiger partial charge >= 0.3 is 5.97 Å². The Labute approximate surface area is 102 Å². The van der Waals surface area contributed by atoms with Crippen LogP contribution in [0.25, 0.3) is 10.7 Å². The Kier molecular flexibility index (Phi) is 3.06. The van der Waals surface area contributed by atoms with E-state index in [0.717, 1.165) is 10.4 Å². The van der Waals surface area contributed by atoms with Crippen LogP contribution in [0.2, 0.25) is 0 Å². The van der Waals surface area contributed by atoms with E-state index in [1.165, 1.54) is 17.4 Å². The molecular formula is C11H11N3O2S. The summed E-state index contributed by atoms with van der Waals surface area (Å²) in [6, 6.07) is 3.37. The van der Waals surface area contributed by atoms with Gasteiger partial charge in [0, 0.05) is 13.1 Å². The molecule has 0 aliphatic rings. The van der Waals surface area contributed by atoms with E-state index in [2.05, 4.69) is 15.3 Å². The topological polar surface area (TPSA) is 75.1 Å². The first-order valence-electron chi connectivity index (χ1n) is 4.96. The molecule has 0 radical (unpaired) electrons. The molecule has 0 bridgehead atoms. The van der Waals surface area contributed by atoms with Crippen molar-refractivity contribution in [1.82, 2.24) is 9.97 Å². The van der Waals surface area contributed by atoms with Crippen LogP contribution >= 0.6 is 11.3 Å². The summed E-state index contributed by atoms with van der Waals surface area (Å²) in [7, 11) is 1.69. The molecule has 17 heavy (non-hydrogen) atoms. The van der Waals surface area contributed by atoms with Crippen molar-refractivity contribution in [1.29, 1.82) is 0 Å². The minimum Gasteiger partial charge on any atom is -0.477 e. The minimum atomic E-state index is -1.06. The number of carboxylic acid groups (broad SMARTS) is 1. The smallest absolute Gasteiger partial charge is 0.354 e. The lowest BCUT2D eigenvalue weighted by Crippen LogP contribution is -2.05. The predicted octanol–water partition coefficient (Wildman–Crippen LogP) is 2.25. The molecule has 0 unspecified atom stereocenters. The standard InChI is InChI=1S/C11H11N3O2S/c1-6-3-4-17-9(6)10-13-7(11(15)16)5-8(12-2)14-10/h3-5H,1-2H3,(H,15,16)(H,12,13,14). The molecule has 0 saturated carbocycles. The molecule has 5 nitrogen and oxygen atoms in total. The lowest BCUT2D eigenvalue weighted by molar-refractivity contribution is 0.0690. The van der Waals surface area contributed by atoms with Gasteiger partial charge in [0.25, 0.3) is 0 Å². The van der Waals surface area contributed by atoms with Crippen molar-refractivity contribution in [3.05, 3.63) is 28.8 Å². The molecule has 0 atom stereocenters. The maximum Gasteiger partial charge on any atom is 0.354 e. The summed E-state index contributed by atoms with van der Waals surface area (Å²) in [6.45, 7) is 1.95. The molecule has 0 aliphatic carbocycles. The summed E-state index contributed by atoms with van der Waals surface area (Å²) in [4.78, 5) is 20.2. The van der Waals surface area contributed by atoms with E-state index in [9.17, 15) is 4.79 Å². The zero-order valence-electron chi connectivity index (χ0n) is 9.39. The van der Waals surface area contributed by atoms with Gasteiger partial charge in [-0.15, -0.1) is 11.3 Å². The van der Waals surface area contributed by atoms with Crippen molar-refractivity contribution < 1.29 is 9.90 Å². The molecule has 0 amide bonds. The molecule has 6 heteroatoms. The van der Waals surface area contributed by atoms with Gasteiger partial charge in [0.15, 0.2) is 11.5 Å². The van der Waals surface area contributed by atoms with Gasteiger partial charge in [-0.1, -0.05) is 0 Å². The number of carboxylic acids is 1. The number of nitrogens with one attached hydrogen (secondary N) is 1. The fraction of sp³-hybridized carbons (Fsp3) is 0.182. The normalized spacial score (nSPS) is 10.2. The number of hydrogen-bond donors (Lipinski definition) is 2. The van der Waals surface area contributed by atoms with Crippen molar-refractivity contribution >= 4 is 23.1 Å². The number of rotatable bonds is 3. The van der Waals surface area contributed by atoms with Crippen molar-refractivity contribution in [2.24, 2.45) is 0 Å². The molecule has 2 N–H and O–H groups in total. The number of anilines is 1. The molecule has 0 saturated heterocycles. The highest BCUT2D eigenvalue weighted by Gasteiger charge is 2.13. The second kappa shape index (κ2) is 4.50. The first-order valence-corrected chi connectivity index (χ1v) is 5.84. The third-order valence-electron chi connectivity index (χ3n) is 2.27. The van der Waals surface area contributed by atoms with E-state index >= 15 is 0 Å². The van der Waals surface area contributed by atoms with Gasteiger partial charge in [-0.3, -0.25) is 0 Å². The average molecular weight is 249 g/mol. The number of carbonyl (C=O) groups is 1. The Balaban J connectivity index is 2.58. The Hall–Kier alpha value is -1.95. The molecule has 2 rings (SSSR count). The number of nitrogens with zero attached hydrogens (tertiary/aromatic N) is 2. The summed E-state index contributed by atoms with van der Waals surface area (Å²) >= 11 is 1.50. The fourth-order valence-corrected chi connectivity index (χ4v) is 2.25. The van der Waals surface area contributed by atoms with Crippen LogP contribution in [0.3, 0.4) is 0 Å². The van der Waals surface area contributed by atoms with Crippen molar-refractivity contribution in [2.75, 3.05) is 12.4 Å². The first kappa shape index (κ1) is 11.5. The maximum absolute atomic E-state index is 11.0. The molecule has 0 spiro atoms. The molecule has 0 aromatic carbocycles. The largest absolute Gasteiger partial charge is 0.477 e. The molecular weight excluding hydrogens is 238 g/mol. The van der Waals surface area contributed by atoms with Gasteiger partial charge in [-0.05, 0) is 23.9 Å². The van der Waals surface area contributed by atoms with Crippen LogP contribution in [0.1, 0.15) is 16.1 Å². The van der Waals surface area contributed by atoms with Crippen LogP contribution in [0.4, 0.5) is 5.82 Å². The number of aromatic carboxylic acids is 1. The summed E-state index contributed by atoms with van der Waals surface area (Å²) in [5, 5.41) is 13.7. The van der Waals surface area contributed by atoms with E-state index in [0.29, 0.717) is 11.6 Å². The van der Waals surface area contributed by atoms with Gasteiger partial charge in [-0.25, -0.2) is 14.8 Å². The number of hydrogen-bond acceptors (Lipinski definition) is 5. The second-order valence-electron chi connectivity index (χ2n) is 3.45. The average Bonchev–Trinajstić information content (AvgIpc) is 2.74. The Morgan fingerprint density at radius 2 is 2.24 bits per heavy atom. The van der Waals surface area contributed by atoms with Crippen LogP contribution < -0.4 is 5.32 Å². The summed E-state index contributed by atoms with van der Waals surface area (Å²) < 4.78 is 0. The monoisotopic (exact) mass is 249 g/mol. The van der Waals surface area contributed by atoms with Crippen molar-refractivity contribution in [3.63, 3.8) is 0 Å². The van der Waals surface area contributed by atoms with Crippen LogP contribution in [-0.2, 0) is 0 Å². The molecule has 88 valence electrons. The summed E-state index contributed by atoms with van der Waals surface area (Å²) in [6.07, 6.45) is 0. The van der Waals surface area contributed by atoms with Gasteiger partial charge in [0.1, 0.15) is 5.82 Å². The van der Waals surface area contributed by atoms with E-state index in [4.69, 9.17) is 5.11 Å². The highest BCUT2D eigenvalue weighted by Crippen LogP contribution is 2.27. The van der Waals surface area contributed by atoms with E-state index in [1.54, 1.807) is 7.05 Å².